The summed E-state index contributed by atoms with van der Waals surface area (Å²) in [5, 5.41) is 9.78. The van der Waals surface area contributed by atoms with E-state index in [1.807, 2.05) is 0 Å². The molecule has 2 aliphatic heterocycles. The van der Waals surface area contributed by atoms with Crippen molar-refractivity contribution in [3.05, 3.63) is 0 Å². The maximum atomic E-state index is 9.78. The molecule has 20 heavy (non-hydrogen) atoms. The van der Waals surface area contributed by atoms with Crippen molar-refractivity contribution in [1.82, 2.24) is 9.80 Å². The quantitative estimate of drug-likeness (QED) is 0.821. The predicted molar refractivity (Wildman–Crippen MR) is 89.0 cm³/mol. The van der Waals surface area contributed by atoms with Gasteiger partial charge in [-0.15, -0.1) is 24.8 Å². The molecule has 0 aromatic rings. The van der Waals surface area contributed by atoms with Crippen LogP contribution in [0, 0.1) is 5.92 Å². The summed E-state index contributed by atoms with van der Waals surface area (Å²) in [5.41, 5.74) is 5.94. The Bertz CT molecular complexity index is 263. The first kappa shape index (κ1) is 20.4. The maximum Gasteiger partial charge on any atom is 0.0590 e. The zero-order valence-corrected chi connectivity index (χ0v) is 14.3. The number of likely N-dealkylation sites (tertiary alicyclic amines) is 2. The second-order valence-corrected chi connectivity index (χ2v) is 6.32. The van der Waals surface area contributed by atoms with Crippen LogP contribution in [-0.4, -0.2) is 65.8 Å². The monoisotopic (exact) mass is 327 g/mol. The topological polar surface area (TPSA) is 52.7 Å². The fourth-order valence-electron chi connectivity index (χ4n) is 3.19. The largest absolute Gasteiger partial charge is 0.393 e. The average Bonchev–Trinajstić information content (AvgIpc) is 2.35. The van der Waals surface area contributed by atoms with E-state index in [-0.39, 0.29) is 30.9 Å². The van der Waals surface area contributed by atoms with E-state index < -0.39 is 0 Å². The molecule has 0 aromatic heterocycles. The number of piperidine rings is 2. The second-order valence-electron chi connectivity index (χ2n) is 6.32. The number of halogens is 2. The lowest BCUT2D eigenvalue weighted by atomic mass is 9.95. The van der Waals surface area contributed by atoms with Gasteiger partial charge in [0.05, 0.1) is 6.10 Å². The average molecular weight is 328 g/mol. The highest BCUT2D eigenvalue weighted by atomic mass is 35.5. The normalized spacial score (nSPS) is 31.2. The Morgan fingerprint density at radius 2 is 1.75 bits per heavy atom. The molecule has 0 radical (unpaired) electrons. The minimum absolute atomic E-state index is 0. The second kappa shape index (κ2) is 9.44. The highest BCUT2D eigenvalue weighted by Crippen LogP contribution is 2.19. The van der Waals surface area contributed by atoms with Crippen LogP contribution in [0.4, 0.5) is 0 Å². The number of rotatable bonds is 3. The molecular formula is C14H31Cl2N3O. The van der Waals surface area contributed by atoms with Crippen molar-refractivity contribution in [3.8, 4) is 0 Å². The molecule has 122 valence electrons. The summed E-state index contributed by atoms with van der Waals surface area (Å²) >= 11 is 0. The van der Waals surface area contributed by atoms with E-state index in [0.717, 1.165) is 52.0 Å². The molecule has 2 fully saturated rings. The minimum Gasteiger partial charge on any atom is -0.393 e. The Morgan fingerprint density at radius 1 is 1.15 bits per heavy atom. The van der Waals surface area contributed by atoms with Gasteiger partial charge in [0, 0.05) is 31.7 Å². The molecule has 3 atom stereocenters. The molecule has 0 spiro atoms. The molecule has 2 heterocycles. The summed E-state index contributed by atoms with van der Waals surface area (Å²) in [6, 6.07) is 1.01. The summed E-state index contributed by atoms with van der Waals surface area (Å²) in [7, 11) is 0. The third kappa shape index (κ3) is 5.66. The Labute approximate surface area is 135 Å². The number of nitrogens with zero attached hydrogens (tertiary/aromatic N) is 2. The lowest BCUT2D eigenvalue weighted by molar-refractivity contribution is 0.0119. The first-order chi connectivity index (χ1) is 8.56. The van der Waals surface area contributed by atoms with Gasteiger partial charge in [0.15, 0.2) is 0 Å². The van der Waals surface area contributed by atoms with E-state index in [0.29, 0.717) is 18.0 Å². The number of aliphatic hydroxyl groups excluding tert-OH is 1. The fraction of sp³-hybridized carbons (Fsp3) is 1.00. The number of hydrogen-bond donors (Lipinski definition) is 2. The summed E-state index contributed by atoms with van der Waals surface area (Å²) in [4.78, 5) is 5.08. The van der Waals surface area contributed by atoms with Crippen LogP contribution in [-0.2, 0) is 0 Å². The lowest BCUT2D eigenvalue weighted by Gasteiger charge is -2.41. The standard InChI is InChI=1S/C14H29N3O.2ClH/c1-11-9-17(8-5-14(11)18)12(2)10-16-6-3-13(15)4-7-16;;/h11-14,18H,3-10,15H2,1-2H3;2*1H/t11-,12-,14-;;/m0../s1. The molecule has 2 rings (SSSR count). The zero-order chi connectivity index (χ0) is 13.1. The molecule has 6 heteroatoms. The highest BCUT2D eigenvalue weighted by molar-refractivity contribution is 5.85. The van der Waals surface area contributed by atoms with Crippen molar-refractivity contribution in [2.24, 2.45) is 11.7 Å². The first-order valence-electron chi connectivity index (χ1n) is 7.46. The van der Waals surface area contributed by atoms with E-state index in [9.17, 15) is 5.11 Å². The maximum absolute atomic E-state index is 9.78. The van der Waals surface area contributed by atoms with Gasteiger partial charge in [-0.05, 0) is 45.2 Å². The van der Waals surface area contributed by atoms with Gasteiger partial charge in [-0.1, -0.05) is 6.92 Å². The van der Waals surface area contributed by atoms with E-state index in [4.69, 9.17) is 5.73 Å². The van der Waals surface area contributed by atoms with E-state index in [1.165, 1.54) is 0 Å². The molecule has 0 amide bonds. The number of nitrogens with two attached hydrogens (primary N) is 1. The van der Waals surface area contributed by atoms with Gasteiger partial charge in [0.1, 0.15) is 0 Å². The molecule has 0 saturated carbocycles. The molecule has 0 aliphatic carbocycles. The van der Waals surface area contributed by atoms with Crippen molar-refractivity contribution >= 4 is 24.8 Å². The molecule has 3 N–H and O–H groups in total. The smallest absolute Gasteiger partial charge is 0.0590 e. The highest BCUT2D eigenvalue weighted by Gasteiger charge is 2.28. The Morgan fingerprint density at radius 3 is 2.30 bits per heavy atom. The Kier molecular flexibility index (Phi) is 9.64. The fourth-order valence-corrected chi connectivity index (χ4v) is 3.19. The summed E-state index contributed by atoms with van der Waals surface area (Å²) in [6.45, 7) is 10.0. The molecule has 4 nitrogen and oxygen atoms in total. The molecular weight excluding hydrogens is 297 g/mol. The van der Waals surface area contributed by atoms with Gasteiger partial charge in [-0.25, -0.2) is 0 Å². The van der Waals surface area contributed by atoms with Gasteiger partial charge in [-0.3, -0.25) is 4.90 Å². The summed E-state index contributed by atoms with van der Waals surface area (Å²) in [5.74, 6) is 0.413. The predicted octanol–water partition coefficient (Wildman–Crippen LogP) is 1.34. The van der Waals surface area contributed by atoms with Crippen LogP contribution in [0.3, 0.4) is 0 Å². The van der Waals surface area contributed by atoms with Crippen molar-refractivity contribution in [2.45, 2.75) is 51.3 Å². The van der Waals surface area contributed by atoms with Crippen LogP contribution >= 0.6 is 24.8 Å². The van der Waals surface area contributed by atoms with Crippen molar-refractivity contribution in [3.63, 3.8) is 0 Å². The Hall–Kier alpha value is 0.420. The zero-order valence-electron chi connectivity index (χ0n) is 12.7. The van der Waals surface area contributed by atoms with Crippen LogP contribution in [0.15, 0.2) is 0 Å². The Balaban J connectivity index is 0.00000180. The van der Waals surface area contributed by atoms with Crippen LogP contribution in [0.2, 0.25) is 0 Å². The van der Waals surface area contributed by atoms with Crippen LogP contribution in [0.1, 0.15) is 33.1 Å². The van der Waals surface area contributed by atoms with E-state index in [1.54, 1.807) is 0 Å². The van der Waals surface area contributed by atoms with Gasteiger partial charge in [0.25, 0.3) is 0 Å². The third-order valence-corrected chi connectivity index (χ3v) is 4.67. The van der Waals surface area contributed by atoms with Crippen molar-refractivity contribution < 1.29 is 5.11 Å². The summed E-state index contributed by atoms with van der Waals surface area (Å²) in [6.07, 6.45) is 3.11. The first-order valence-corrected chi connectivity index (χ1v) is 7.46. The molecule has 2 aliphatic rings. The lowest BCUT2D eigenvalue weighted by Crippen LogP contribution is -2.51. The molecule has 0 unspecified atom stereocenters. The van der Waals surface area contributed by atoms with Crippen LogP contribution in [0.25, 0.3) is 0 Å². The molecule has 0 aromatic carbocycles. The molecule has 0 bridgehead atoms. The van der Waals surface area contributed by atoms with Crippen LogP contribution < -0.4 is 5.73 Å². The SMILES string of the molecule is C[C@H]1CN([C@@H](C)CN2CCC(N)CC2)CC[C@@H]1O.Cl.Cl. The van der Waals surface area contributed by atoms with Crippen LogP contribution in [0.5, 0.6) is 0 Å². The summed E-state index contributed by atoms with van der Waals surface area (Å²) < 4.78 is 0. The molecule has 2 saturated heterocycles. The van der Waals surface area contributed by atoms with Gasteiger partial charge in [0.2, 0.25) is 0 Å². The number of hydrogen-bond acceptors (Lipinski definition) is 4. The van der Waals surface area contributed by atoms with Crippen molar-refractivity contribution in [2.75, 3.05) is 32.7 Å². The van der Waals surface area contributed by atoms with E-state index in [2.05, 4.69) is 23.6 Å². The van der Waals surface area contributed by atoms with Gasteiger partial charge < -0.3 is 15.7 Å². The van der Waals surface area contributed by atoms with Crippen molar-refractivity contribution in [1.29, 1.82) is 0 Å². The third-order valence-electron chi connectivity index (χ3n) is 4.67. The number of aliphatic hydroxyl groups is 1. The minimum atomic E-state index is -0.0959. The van der Waals surface area contributed by atoms with Gasteiger partial charge in [-0.2, -0.15) is 0 Å². The van der Waals surface area contributed by atoms with E-state index >= 15 is 0 Å². The van der Waals surface area contributed by atoms with Gasteiger partial charge >= 0.3 is 0 Å².